The molecule has 0 spiro atoms. The summed E-state index contributed by atoms with van der Waals surface area (Å²) >= 11 is 0. The molecule has 0 amide bonds. The van der Waals surface area contributed by atoms with E-state index in [1.807, 2.05) is 7.11 Å². The topological polar surface area (TPSA) is 9.23 Å². The Labute approximate surface area is 147 Å². The Morgan fingerprint density at radius 2 is 2.17 bits per heavy atom. The van der Waals surface area contributed by atoms with Gasteiger partial charge in [0.1, 0.15) is 0 Å². The van der Waals surface area contributed by atoms with Crippen LogP contribution < -0.4 is 0 Å². The highest BCUT2D eigenvalue weighted by molar-refractivity contribution is 5.41. The summed E-state index contributed by atoms with van der Waals surface area (Å²) in [6.07, 6.45) is 14.6. The van der Waals surface area contributed by atoms with Crippen molar-refractivity contribution in [2.45, 2.75) is 65.2 Å². The first-order valence-corrected chi connectivity index (χ1v) is 9.80. The Hall–Kier alpha value is -1.42. The molecule has 0 aliphatic heterocycles. The first-order valence-electron chi connectivity index (χ1n) is 9.80. The Morgan fingerprint density at radius 1 is 1.29 bits per heavy atom. The second kappa shape index (κ2) is 6.14. The molecule has 0 aromatic heterocycles. The lowest BCUT2D eigenvalue weighted by Crippen LogP contribution is -2.42. The fraction of sp³-hybridized carbons (Fsp3) is 0.652. The Balaban J connectivity index is 1.58. The van der Waals surface area contributed by atoms with Crippen molar-refractivity contribution < 1.29 is 4.74 Å². The molecule has 0 bridgehead atoms. The normalized spacial score (nSPS) is 37.4. The molecule has 4 aliphatic carbocycles. The maximum Gasteiger partial charge on any atom is 0.0959 e. The summed E-state index contributed by atoms with van der Waals surface area (Å²) in [6.45, 7) is 4.66. The number of ether oxygens (including phenoxy) is 1. The molecule has 3 unspecified atom stereocenters. The van der Waals surface area contributed by atoms with Gasteiger partial charge in [0.05, 0.1) is 12.9 Å². The van der Waals surface area contributed by atoms with Crippen LogP contribution in [0.25, 0.3) is 0 Å². The highest BCUT2D eigenvalue weighted by atomic mass is 16.5. The first kappa shape index (κ1) is 16.1. The Bertz CT molecular complexity index is 681. The van der Waals surface area contributed by atoms with E-state index in [-0.39, 0.29) is 0 Å². The predicted octanol–water partition coefficient (Wildman–Crippen LogP) is 5.79. The van der Waals surface area contributed by atoms with Gasteiger partial charge in [-0.25, -0.2) is 0 Å². The smallest absolute Gasteiger partial charge is 0.0959 e. The molecule has 24 heavy (non-hydrogen) atoms. The van der Waals surface area contributed by atoms with E-state index in [9.17, 15) is 0 Å². The number of hydrogen-bond donors (Lipinski definition) is 0. The van der Waals surface area contributed by atoms with Crippen molar-refractivity contribution in [2.24, 2.45) is 23.2 Å². The highest BCUT2D eigenvalue weighted by Crippen LogP contribution is 2.61. The van der Waals surface area contributed by atoms with Gasteiger partial charge in [-0.3, -0.25) is 0 Å². The summed E-state index contributed by atoms with van der Waals surface area (Å²) in [5, 5.41) is 0. The van der Waals surface area contributed by atoms with Crippen LogP contribution in [0.15, 0.2) is 34.6 Å². The minimum Gasteiger partial charge on any atom is -0.501 e. The minimum absolute atomic E-state index is 0.351. The Kier molecular flexibility index (Phi) is 4.11. The Morgan fingerprint density at radius 3 is 2.96 bits per heavy atom. The van der Waals surface area contributed by atoms with E-state index in [1.54, 1.807) is 11.1 Å². The van der Waals surface area contributed by atoms with Gasteiger partial charge in [-0.2, -0.15) is 0 Å². The fourth-order valence-corrected chi connectivity index (χ4v) is 5.99. The molecular formula is C23H30O. The largest absolute Gasteiger partial charge is 0.501 e. The average molecular weight is 322 g/mol. The van der Waals surface area contributed by atoms with Gasteiger partial charge in [-0.15, -0.1) is 0 Å². The van der Waals surface area contributed by atoms with Gasteiger partial charge in [0.2, 0.25) is 0 Å². The monoisotopic (exact) mass is 322 g/mol. The molecule has 0 aromatic rings. The average Bonchev–Trinajstić information content (AvgIpc) is 2.95. The van der Waals surface area contributed by atoms with Crippen molar-refractivity contribution >= 4 is 0 Å². The second-order valence-corrected chi connectivity index (χ2v) is 8.26. The lowest BCUT2D eigenvalue weighted by atomic mass is 9.53. The quantitative estimate of drug-likeness (QED) is 0.438. The van der Waals surface area contributed by atoms with Crippen LogP contribution in [-0.2, 0) is 4.74 Å². The predicted molar refractivity (Wildman–Crippen MR) is 99.2 cm³/mol. The number of rotatable bonds is 1. The minimum atomic E-state index is 0.351. The van der Waals surface area contributed by atoms with Crippen molar-refractivity contribution in [2.75, 3.05) is 7.11 Å². The van der Waals surface area contributed by atoms with Gasteiger partial charge >= 0.3 is 0 Å². The lowest BCUT2D eigenvalue weighted by Gasteiger charge is -2.51. The van der Waals surface area contributed by atoms with E-state index in [0.29, 0.717) is 5.41 Å². The number of methoxy groups -OCH3 is 1. The molecule has 0 saturated heterocycles. The molecule has 4 aliphatic rings. The van der Waals surface area contributed by atoms with Gasteiger partial charge in [-0.05, 0) is 62.4 Å². The number of fused-ring (bicyclic) bond motifs is 4. The van der Waals surface area contributed by atoms with Crippen LogP contribution in [0.2, 0.25) is 0 Å². The van der Waals surface area contributed by atoms with Crippen molar-refractivity contribution in [3.63, 3.8) is 0 Å². The fourth-order valence-electron chi connectivity index (χ4n) is 5.99. The third-order valence-electron chi connectivity index (χ3n) is 7.30. The molecule has 1 saturated carbocycles. The van der Waals surface area contributed by atoms with E-state index in [4.69, 9.17) is 4.74 Å². The summed E-state index contributed by atoms with van der Waals surface area (Å²) in [7, 11) is 1.82. The molecule has 0 N–H and O–H groups in total. The van der Waals surface area contributed by atoms with E-state index >= 15 is 0 Å². The zero-order valence-corrected chi connectivity index (χ0v) is 15.5. The van der Waals surface area contributed by atoms with Crippen LogP contribution in [0.4, 0.5) is 0 Å². The summed E-state index contributed by atoms with van der Waals surface area (Å²) in [5.41, 5.74) is 5.29. The van der Waals surface area contributed by atoms with E-state index < -0.39 is 0 Å². The van der Waals surface area contributed by atoms with Crippen LogP contribution in [0.5, 0.6) is 0 Å². The van der Waals surface area contributed by atoms with Crippen LogP contribution in [-0.4, -0.2) is 7.11 Å². The summed E-state index contributed by atoms with van der Waals surface area (Å²) in [4.78, 5) is 0. The molecule has 0 heterocycles. The van der Waals surface area contributed by atoms with Crippen LogP contribution in [0.3, 0.4) is 0 Å². The zero-order valence-electron chi connectivity index (χ0n) is 15.5. The standard InChI is InChI=1S/C23H30O/c1-4-5-6-17-8-12-22-21-10-7-16-15-18(24-3)9-11-19(16)20(21)13-14-23(17,22)2/h8-9,20-22H,4,7,10-15H2,1-3H3/t20?,21?,22?,23-/m1/s1. The molecule has 1 nitrogen and oxygen atoms in total. The van der Waals surface area contributed by atoms with Gasteiger partial charge in [-0.1, -0.05) is 42.9 Å². The SMILES string of the molecule is CCC#CC1=CCC2C3CCC4=C(CC=C(OC)C4)C3CC[C@]12C. The third-order valence-corrected chi connectivity index (χ3v) is 7.30. The van der Waals surface area contributed by atoms with Crippen molar-refractivity contribution in [3.8, 4) is 11.8 Å². The molecule has 4 atom stereocenters. The summed E-state index contributed by atoms with van der Waals surface area (Å²) in [5.74, 6) is 10.5. The molecule has 1 heteroatoms. The summed E-state index contributed by atoms with van der Waals surface area (Å²) in [6, 6.07) is 0. The second-order valence-electron chi connectivity index (χ2n) is 8.26. The van der Waals surface area contributed by atoms with Gasteiger partial charge in [0, 0.05) is 23.8 Å². The first-order chi connectivity index (χ1) is 11.7. The van der Waals surface area contributed by atoms with Gasteiger partial charge in [0.25, 0.3) is 0 Å². The van der Waals surface area contributed by atoms with Crippen LogP contribution in [0.1, 0.15) is 65.2 Å². The molecule has 4 rings (SSSR count). The van der Waals surface area contributed by atoms with Crippen molar-refractivity contribution in [3.05, 3.63) is 34.6 Å². The maximum absolute atomic E-state index is 5.52. The number of hydrogen-bond acceptors (Lipinski definition) is 1. The molecule has 128 valence electrons. The maximum atomic E-state index is 5.52. The van der Waals surface area contributed by atoms with Crippen molar-refractivity contribution in [1.29, 1.82) is 0 Å². The number of allylic oxidation sites excluding steroid dienone is 5. The van der Waals surface area contributed by atoms with Crippen molar-refractivity contribution in [1.82, 2.24) is 0 Å². The summed E-state index contributed by atoms with van der Waals surface area (Å²) < 4.78 is 5.52. The molecule has 1 fully saturated rings. The lowest BCUT2D eigenvalue weighted by molar-refractivity contribution is 0.0587. The van der Waals surface area contributed by atoms with Crippen LogP contribution in [0, 0.1) is 35.0 Å². The van der Waals surface area contributed by atoms with Gasteiger partial charge < -0.3 is 4.74 Å². The molecule has 0 aromatic carbocycles. The third kappa shape index (κ3) is 2.38. The van der Waals surface area contributed by atoms with E-state index in [1.165, 1.54) is 43.4 Å². The zero-order chi connectivity index (χ0) is 16.7. The van der Waals surface area contributed by atoms with Gasteiger partial charge in [0.15, 0.2) is 0 Å². The molecule has 0 radical (unpaired) electrons. The van der Waals surface area contributed by atoms with E-state index in [2.05, 4.69) is 37.8 Å². The molecular weight excluding hydrogens is 292 g/mol. The van der Waals surface area contributed by atoms with E-state index in [0.717, 1.165) is 37.0 Å². The highest BCUT2D eigenvalue weighted by Gasteiger charge is 2.51. The van der Waals surface area contributed by atoms with Crippen LogP contribution >= 0.6 is 0 Å².